The van der Waals surface area contributed by atoms with Crippen LogP contribution in [0.1, 0.15) is 36.7 Å². The predicted octanol–water partition coefficient (Wildman–Crippen LogP) is 1.97. The molecule has 8 nitrogen and oxygen atoms in total. The maximum Gasteiger partial charge on any atom is 0.337 e. The highest BCUT2D eigenvalue weighted by Gasteiger charge is 2.21. The third-order valence-electron chi connectivity index (χ3n) is 3.70. The summed E-state index contributed by atoms with van der Waals surface area (Å²) >= 11 is 0. The van der Waals surface area contributed by atoms with E-state index in [2.05, 4.69) is 15.7 Å². The molecule has 144 valence electrons. The van der Waals surface area contributed by atoms with Crippen molar-refractivity contribution in [2.24, 2.45) is 5.41 Å². The molecular formula is C19H24N4O4. The van der Waals surface area contributed by atoms with Gasteiger partial charge in [0.1, 0.15) is 6.54 Å². The number of rotatable bonds is 6. The zero-order chi connectivity index (χ0) is 20.0. The molecule has 1 aromatic carbocycles. The van der Waals surface area contributed by atoms with Crippen LogP contribution in [-0.4, -0.2) is 34.7 Å². The minimum atomic E-state index is -0.527. The molecule has 2 aromatic rings. The van der Waals surface area contributed by atoms with Gasteiger partial charge in [-0.3, -0.25) is 14.3 Å². The Bertz CT molecular complexity index is 823. The number of amides is 2. The fourth-order valence-electron chi connectivity index (χ4n) is 2.29. The van der Waals surface area contributed by atoms with Gasteiger partial charge in [-0.05, 0) is 29.8 Å². The molecule has 27 heavy (non-hydrogen) atoms. The molecular weight excluding hydrogens is 348 g/mol. The van der Waals surface area contributed by atoms with Gasteiger partial charge in [0.2, 0.25) is 11.8 Å². The van der Waals surface area contributed by atoms with Crippen LogP contribution in [0.15, 0.2) is 36.7 Å². The Morgan fingerprint density at radius 1 is 1.19 bits per heavy atom. The number of benzene rings is 1. The first-order chi connectivity index (χ1) is 12.7. The van der Waals surface area contributed by atoms with E-state index < -0.39 is 11.4 Å². The first kappa shape index (κ1) is 20.2. The summed E-state index contributed by atoms with van der Waals surface area (Å²) in [5.74, 6) is -0.929. The zero-order valence-corrected chi connectivity index (χ0v) is 15.9. The van der Waals surface area contributed by atoms with Crippen LogP contribution in [-0.2, 0) is 27.4 Å². The standard InChI is InChI=1S/C19H24N4O4/c1-19(2,3)18(26)20-11-13-8-14(17(25)27-4)10-15(9-13)22-16(24)12-23-7-5-6-21-23/h5-10H,11-12H2,1-4H3,(H,20,26)(H,22,24). The van der Waals surface area contributed by atoms with E-state index in [4.69, 9.17) is 4.74 Å². The van der Waals surface area contributed by atoms with Crippen LogP contribution in [0.5, 0.6) is 0 Å². The number of aromatic nitrogens is 2. The SMILES string of the molecule is COC(=O)c1cc(CNC(=O)C(C)(C)C)cc(NC(=O)Cn2cccn2)c1. The molecule has 0 aliphatic carbocycles. The molecule has 0 aliphatic heterocycles. The van der Waals surface area contributed by atoms with Crippen LogP contribution in [0.2, 0.25) is 0 Å². The van der Waals surface area contributed by atoms with Crippen molar-refractivity contribution in [2.45, 2.75) is 33.9 Å². The summed E-state index contributed by atoms with van der Waals surface area (Å²) in [6, 6.07) is 6.58. The van der Waals surface area contributed by atoms with Crippen molar-refractivity contribution in [2.75, 3.05) is 12.4 Å². The number of nitrogens with one attached hydrogen (secondary N) is 2. The van der Waals surface area contributed by atoms with Crippen LogP contribution in [0, 0.1) is 5.41 Å². The van der Waals surface area contributed by atoms with E-state index in [9.17, 15) is 14.4 Å². The second kappa shape index (κ2) is 8.48. The van der Waals surface area contributed by atoms with Gasteiger partial charge in [-0.25, -0.2) is 4.79 Å². The third kappa shape index (κ3) is 5.95. The van der Waals surface area contributed by atoms with Gasteiger partial charge in [0.25, 0.3) is 0 Å². The van der Waals surface area contributed by atoms with Gasteiger partial charge < -0.3 is 15.4 Å². The number of hydrogen-bond acceptors (Lipinski definition) is 5. The number of nitrogens with zero attached hydrogens (tertiary/aromatic N) is 2. The van der Waals surface area contributed by atoms with E-state index in [-0.39, 0.29) is 30.5 Å². The smallest absolute Gasteiger partial charge is 0.337 e. The molecule has 0 saturated heterocycles. The lowest BCUT2D eigenvalue weighted by atomic mass is 9.95. The van der Waals surface area contributed by atoms with E-state index in [1.807, 2.05) is 20.8 Å². The number of esters is 1. The maximum atomic E-state index is 12.2. The molecule has 2 amide bonds. The molecule has 0 radical (unpaired) electrons. The van der Waals surface area contributed by atoms with Crippen LogP contribution in [0.4, 0.5) is 5.69 Å². The van der Waals surface area contributed by atoms with Gasteiger partial charge in [0, 0.05) is 30.0 Å². The summed E-state index contributed by atoms with van der Waals surface area (Å²) in [6.07, 6.45) is 3.26. The molecule has 0 bridgehead atoms. The fourth-order valence-corrected chi connectivity index (χ4v) is 2.29. The van der Waals surface area contributed by atoms with Gasteiger partial charge in [0.15, 0.2) is 0 Å². The van der Waals surface area contributed by atoms with Crippen molar-refractivity contribution in [3.8, 4) is 0 Å². The zero-order valence-electron chi connectivity index (χ0n) is 15.9. The number of carbonyl (C=O) groups excluding carboxylic acids is 3. The quantitative estimate of drug-likeness (QED) is 0.755. The first-order valence-corrected chi connectivity index (χ1v) is 8.47. The molecule has 2 N–H and O–H groups in total. The summed E-state index contributed by atoms with van der Waals surface area (Å²) in [6.45, 7) is 5.71. The number of anilines is 1. The van der Waals surface area contributed by atoms with E-state index in [0.717, 1.165) is 0 Å². The van der Waals surface area contributed by atoms with E-state index in [0.29, 0.717) is 11.3 Å². The number of carbonyl (C=O) groups is 3. The van der Waals surface area contributed by atoms with Crippen molar-refractivity contribution >= 4 is 23.5 Å². The molecule has 0 unspecified atom stereocenters. The van der Waals surface area contributed by atoms with Crippen molar-refractivity contribution in [3.63, 3.8) is 0 Å². The van der Waals surface area contributed by atoms with Gasteiger partial charge in [-0.15, -0.1) is 0 Å². The van der Waals surface area contributed by atoms with E-state index in [1.165, 1.54) is 17.9 Å². The summed E-state index contributed by atoms with van der Waals surface area (Å²) in [5, 5.41) is 9.54. The van der Waals surface area contributed by atoms with Crippen LogP contribution < -0.4 is 10.6 Å². The van der Waals surface area contributed by atoms with Gasteiger partial charge in [-0.1, -0.05) is 20.8 Å². The van der Waals surface area contributed by atoms with Crippen LogP contribution >= 0.6 is 0 Å². The molecule has 0 saturated carbocycles. The van der Waals surface area contributed by atoms with Gasteiger partial charge >= 0.3 is 5.97 Å². The third-order valence-corrected chi connectivity index (χ3v) is 3.70. The van der Waals surface area contributed by atoms with Crippen molar-refractivity contribution in [1.29, 1.82) is 0 Å². The molecule has 0 aliphatic rings. The molecule has 1 aromatic heterocycles. The first-order valence-electron chi connectivity index (χ1n) is 8.47. The second-order valence-electron chi connectivity index (χ2n) is 7.09. The highest BCUT2D eigenvalue weighted by molar-refractivity contribution is 5.94. The lowest BCUT2D eigenvalue weighted by Crippen LogP contribution is -2.34. The van der Waals surface area contributed by atoms with Crippen molar-refractivity contribution < 1.29 is 19.1 Å². The summed E-state index contributed by atoms with van der Waals surface area (Å²) in [7, 11) is 1.28. The Kier molecular flexibility index (Phi) is 6.33. The highest BCUT2D eigenvalue weighted by Crippen LogP contribution is 2.18. The number of ether oxygens (including phenoxy) is 1. The lowest BCUT2D eigenvalue weighted by Gasteiger charge is -2.18. The second-order valence-corrected chi connectivity index (χ2v) is 7.09. The summed E-state index contributed by atoms with van der Waals surface area (Å²) in [5.41, 5.74) is 0.871. The van der Waals surface area contributed by atoms with Gasteiger partial charge in [-0.2, -0.15) is 5.10 Å². The van der Waals surface area contributed by atoms with Crippen molar-refractivity contribution in [3.05, 3.63) is 47.8 Å². The summed E-state index contributed by atoms with van der Waals surface area (Å²) in [4.78, 5) is 36.2. The topological polar surface area (TPSA) is 102 Å². The lowest BCUT2D eigenvalue weighted by molar-refractivity contribution is -0.128. The van der Waals surface area contributed by atoms with E-state index in [1.54, 1.807) is 30.6 Å². The Morgan fingerprint density at radius 2 is 1.93 bits per heavy atom. The monoisotopic (exact) mass is 372 g/mol. The van der Waals surface area contributed by atoms with Crippen LogP contribution in [0.3, 0.4) is 0 Å². The molecule has 8 heteroatoms. The molecule has 0 atom stereocenters. The van der Waals surface area contributed by atoms with Crippen LogP contribution in [0.25, 0.3) is 0 Å². The Morgan fingerprint density at radius 3 is 2.52 bits per heavy atom. The predicted molar refractivity (Wildman–Crippen MR) is 99.9 cm³/mol. The van der Waals surface area contributed by atoms with Gasteiger partial charge in [0.05, 0.1) is 12.7 Å². The number of methoxy groups -OCH3 is 1. The molecule has 2 rings (SSSR count). The average Bonchev–Trinajstić information content (AvgIpc) is 3.10. The summed E-state index contributed by atoms with van der Waals surface area (Å²) < 4.78 is 6.25. The van der Waals surface area contributed by atoms with E-state index >= 15 is 0 Å². The van der Waals surface area contributed by atoms with Crippen molar-refractivity contribution in [1.82, 2.24) is 15.1 Å². The molecule has 0 fully saturated rings. The minimum Gasteiger partial charge on any atom is -0.465 e. The largest absolute Gasteiger partial charge is 0.465 e. The minimum absolute atomic E-state index is 0.0472. The highest BCUT2D eigenvalue weighted by atomic mass is 16.5. The molecule has 1 heterocycles. The Balaban J connectivity index is 2.16. The normalized spacial score (nSPS) is 11.0. The fraction of sp³-hybridized carbons (Fsp3) is 0.368. The molecule has 0 spiro atoms. The maximum absolute atomic E-state index is 12.2. The Labute approximate surface area is 157 Å². The average molecular weight is 372 g/mol. The number of hydrogen-bond donors (Lipinski definition) is 2. The Hall–Kier alpha value is -3.16.